The van der Waals surface area contributed by atoms with Gasteiger partial charge in [0, 0.05) is 18.1 Å². The smallest absolute Gasteiger partial charge is 0.338 e. The molecule has 0 aliphatic heterocycles. The van der Waals surface area contributed by atoms with E-state index in [1.54, 1.807) is 0 Å². The Morgan fingerprint density at radius 1 is 1.27 bits per heavy atom. The van der Waals surface area contributed by atoms with Crippen LogP contribution >= 0.6 is 0 Å². The third-order valence-corrected chi connectivity index (χ3v) is 6.22. The lowest BCUT2D eigenvalue weighted by Crippen LogP contribution is -2.48. The Kier molecular flexibility index (Phi) is 3.28. The van der Waals surface area contributed by atoms with Crippen molar-refractivity contribution in [1.82, 2.24) is 0 Å². The van der Waals surface area contributed by atoms with Gasteiger partial charge in [0.1, 0.15) is 10.7 Å². The first-order valence-electron chi connectivity index (χ1n) is 7.11. The second kappa shape index (κ2) is 4.81. The minimum absolute atomic E-state index is 0.0646. The molecule has 2 atom stereocenters. The zero-order valence-corrected chi connectivity index (χ0v) is 13.2. The average molecular weight is 323 g/mol. The van der Waals surface area contributed by atoms with Gasteiger partial charge in [-0.3, -0.25) is 10.1 Å². The average Bonchev–Trinajstić information content (AvgIpc) is 2.46. The predicted molar refractivity (Wildman–Crippen MR) is 79.4 cm³/mol. The van der Waals surface area contributed by atoms with Gasteiger partial charge in [0.15, 0.2) is 0 Å². The lowest BCUT2D eigenvalue weighted by molar-refractivity contribution is -0.384. The van der Waals surface area contributed by atoms with Crippen LogP contribution in [0.2, 0.25) is 0 Å². The summed E-state index contributed by atoms with van der Waals surface area (Å²) in [5.41, 5.74) is -0.0893. The topological polar surface area (TPSA) is 86.5 Å². The number of nitro groups is 1. The van der Waals surface area contributed by atoms with Gasteiger partial charge in [0.2, 0.25) is 0 Å². The minimum atomic E-state index is -3.95. The molecule has 22 heavy (non-hydrogen) atoms. The highest BCUT2D eigenvalue weighted by Gasteiger charge is 2.53. The molecule has 0 N–H and O–H groups in total. The number of nitro benzene ring substituents is 1. The summed E-state index contributed by atoms with van der Waals surface area (Å²) in [6.45, 7) is 4.25. The first-order valence-corrected chi connectivity index (χ1v) is 8.51. The standard InChI is InChI=1S/C15H17NO5S/c1-15(2)10-3-8-14(13(15)9-10)21-22(19,20)12-6-4-11(5-7-12)16(17)18/h4-8,10,13H,3,9H2,1-2H3/t10-,13-/m0/s1. The maximum atomic E-state index is 12.3. The van der Waals surface area contributed by atoms with Crippen molar-refractivity contribution in [1.29, 1.82) is 0 Å². The lowest BCUT2D eigenvalue weighted by atomic mass is 9.50. The van der Waals surface area contributed by atoms with E-state index in [9.17, 15) is 18.5 Å². The van der Waals surface area contributed by atoms with Crippen molar-refractivity contribution in [3.8, 4) is 0 Å². The van der Waals surface area contributed by atoms with Crippen molar-refractivity contribution >= 4 is 15.8 Å². The van der Waals surface area contributed by atoms with Gasteiger partial charge in [-0.15, -0.1) is 0 Å². The number of nitrogens with zero attached hydrogens (tertiary/aromatic N) is 1. The largest absolute Gasteiger partial charge is 0.384 e. The first-order chi connectivity index (χ1) is 10.2. The van der Waals surface area contributed by atoms with Gasteiger partial charge in [0.25, 0.3) is 5.69 Å². The molecule has 0 aromatic heterocycles. The normalized spacial score (nSPS) is 25.8. The molecule has 1 fully saturated rings. The Morgan fingerprint density at radius 3 is 2.41 bits per heavy atom. The van der Waals surface area contributed by atoms with Crippen molar-refractivity contribution in [2.75, 3.05) is 0 Å². The number of non-ortho nitro benzene ring substituents is 1. The van der Waals surface area contributed by atoms with Crippen LogP contribution in [-0.2, 0) is 14.3 Å². The van der Waals surface area contributed by atoms with E-state index in [0.717, 1.165) is 25.0 Å². The molecule has 1 aromatic rings. The fourth-order valence-corrected chi connectivity index (χ4v) is 4.30. The summed E-state index contributed by atoms with van der Waals surface area (Å²) < 4.78 is 30.0. The Labute approximate surface area is 129 Å². The molecule has 0 unspecified atom stereocenters. The van der Waals surface area contributed by atoms with Crippen molar-refractivity contribution in [2.24, 2.45) is 17.3 Å². The van der Waals surface area contributed by atoms with E-state index < -0.39 is 15.0 Å². The van der Waals surface area contributed by atoms with E-state index in [1.807, 2.05) is 6.08 Å². The van der Waals surface area contributed by atoms with Crippen LogP contribution in [0, 0.1) is 27.4 Å². The van der Waals surface area contributed by atoms with Crippen molar-refractivity contribution < 1.29 is 17.5 Å². The number of hydrogen-bond acceptors (Lipinski definition) is 5. The van der Waals surface area contributed by atoms with E-state index in [2.05, 4.69) is 13.8 Å². The molecular weight excluding hydrogens is 306 g/mol. The first kappa shape index (κ1) is 15.0. The molecule has 1 saturated carbocycles. The van der Waals surface area contributed by atoms with E-state index >= 15 is 0 Å². The van der Waals surface area contributed by atoms with Crippen molar-refractivity contribution in [2.45, 2.75) is 31.6 Å². The molecule has 0 radical (unpaired) electrons. The zero-order valence-electron chi connectivity index (χ0n) is 12.4. The van der Waals surface area contributed by atoms with Crippen LogP contribution in [0.25, 0.3) is 0 Å². The van der Waals surface area contributed by atoms with E-state index in [0.29, 0.717) is 11.7 Å². The van der Waals surface area contributed by atoms with Crippen LogP contribution in [0.4, 0.5) is 5.69 Å². The van der Waals surface area contributed by atoms with Crippen LogP contribution < -0.4 is 0 Å². The van der Waals surface area contributed by atoms with Gasteiger partial charge >= 0.3 is 10.1 Å². The molecule has 0 saturated heterocycles. The molecule has 1 aromatic carbocycles. The minimum Gasteiger partial charge on any atom is -0.384 e. The molecule has 0 heterocycles. The monoisotopic (exact) mass is 323 g/mol. The van der Waals surface area contributed by atoms with Gasteiger partial charge in [-0.05, 0) is 42.4 Å². The van der Waals surface area contributed by atoms with Gasteiger partial charge in [-0.25, -0.2) is 0 Å². The highest BCUT2D eigenvalue weighted by Crippen LogP contribution is 2.59. The summed E-state index contributed by atoms with van der Waals surface area (Å²) in [5.74, 6) is 1.22. The molecule has 4 rings (SSSR count). The van der Waals surface area contributed by atoms with Gasteiger partial charge in [-0.2, -0.15) is 8.42 Å². The molecule has 3 aliphatic rings. The molecule has 118 valence electrons. The Morgan fingerprint density at radius 2 is 1.91 bits per heavy atom. The number of fused-ring (bicyclic) bond motifs is 1. The molecular formula is C15H17NO5S. The maximum Gasteiger partial charge on any atom is 0.338 e. The molecule has 0 amide bonds. The second-order valence-electron chi connectivity index (χ2n) is 6.44. The van der Waals surface area contributed by atoms with Crippen molar-refractivity contribution in [3.05, 3.63) is 46.2 Å². The van der Waals surface area contributed by atoms with E-state index in [-0.39, 0.29) is 21.9 Å². The van der Waals surface area contributed by atoms with Crippen molar-refractivity contribution in [3.63, 3.8) is 0 Å². The quantitative estimate of drug-likeness (QED) is 0.482. The highest BCUT2D eigenvalue weighted by molar-refractivity contribution is 7.86. The number of hydrogen-bond donors (Lipinski definition) is 0. The Balaban J connectivity index is 1.82. The van der Waals surface area contributed by atoms with Gasteiger partial charge < -0.3 is 4.18 Å². The Bertz CT molecular complexity index is 749. The molecule has 7 heteroatoms. The summed E-state index contributed by atoms with van der Waals surface area (Å²) in [6, 6.07) is 4.72. The van der Waals surface area contributed by atoms with Crippen LogP contribution in [0.15, 0.2) is 41.0 Å². The van der Waals surface area contributed by atoms with Crippen LogP contribution in [-0.4, -0.2) is 13.3 Å². The van der Waals surface area contributed by atoms with Crippen LogP contribution in [0.1, 0.15) is 26.7 Å². The van der Waals surface area contributed by atoms with Gasteiger partial charge in [0.05, 0.1) is 4.92 Å². The van der Waals surface area contributed by atoms with Crippen LogP contribution in [0.3, 0.4) is 0 Å². The number of allylic oxidation sites excluding steroid dienone is 2. The number of rotatable bonds is 4. The highest BCUT2D eigenvalue weighted by atomic mass is 32.2. The van der Waals surface area contributed by atoms with E-state index in [1.165, 1.54) is 12.1 Å². The summed E-state index contributed by atoms with van der Waals surface area (Å²) in [6.07, 6.45) is 3.64. The lowest BCUT2D eigenvalue weighted by Gasteiger charge is -2.55. The summed E-state index contributed by atoms with van der Waals surface area (Å²) in [4.78, 5) is 9.97. The number of benzene rings is 1. The maximum absolute atomic E-state index is 12.3. The summed E-state index contributed by atoms with van der Waals surface area (Å²) in [5, 5.41) is 10.6. The zero-order chi connectivity index (χ0) is 16.1. The third kappa shape index (κ3) is 2.29. The summed E-state index contributed by atoms with van der Waals surface area (Å²) >= 11 is 0. The van der Waals surface area contributed by atoms with Gasteiger partial charge in [-0.1, -0.05) is 13.8 Å². The van der Waals surface area contributed by atoms with E-state index in [4.69, 9.17) is 4.18 Å². The fraction of sp³-hybridized carbons (Fsp3) is 0.467. The second-order valence-corrected chi connectivity index (χ2v) is 7.98. The summed E-state index contributed by atoms with van der Waals surface area (Å²) in [7, 11) is -3.95. The Hall–Kier alpha value is -1.89. The molecule has 0 spiro atoms. The third-order valence-electron chi connectivity index (χ3n) is 4.96. The fourth-order valence-electron chi connectivity index (χ4n) is 3.30. The molecule has 2 bridgehead atoms. The SMILES string of the molecule is CC1(C)[C@H]2CC=C(OS(=O)(=O)c3ccc([N+](=O)[O-])cc3)[C@@H]1C2. The molecule has 3 aliphatic carbocycles. The molecule has 6 nitrogen and oxygen atoms in total. The predicted octanol–water partition coefficient (Wildman–Crippen LogP) is 3.25. The van der Waals surface area contributed by atoms with Crippen LogP contribution in [0.5, 0.6) is 0 Å².